The van der Waals surface area contributed by atoms with Gasteiger partial charge in [0.1, 0.15) is 0 Å². The average molecular weight is 355 g/mol. The molecule has 0 aliphatic heterocycles. The molecule has 114 valence electrons. The van der Waals surface area contributed by atoms with Crippen LogP contribution in [-0.4, -0.2) is 34.6 Å². The molecular weight excluding hydrogens is 336 g/mol. The SMILES string of the molecule is CCN(C(=O)Nc1ccc(Br)cc1C(=O)O)C1CCCC1. The summed E-state index contributed by atoms with van der Waals surface area (Å²) in [5.74, 6) is -1.06. The molecule has 1 aromatic rings. The minimum absolute atomic E-state index is 0.0835. The molecule has 1 aliphatic rings. The highest BCUT2D eigenvalue weighted by molar-refractivity contribution is 9.10. The van der Waals surface area contributed by atoms with Gasteiger partial charge in [0, 0.05) is 17.1 Å². The summed E-state index contributed by atoms with van der Waals surface area (Å²) in [5, 5.41) is 12.0. The Hall–Kier alpha value is -1.56. The number of carbonyl (C=O) groups excluding carboxylic acids is 1. The highest BCUT2D eigenvalue weighted by Gasteiger charge is 2.26. The van der Waals surface area contributed by atoms with Gasteiger partial charge in [-0.25, -0.2) is 9.59 Å². The highest BCUT2D eigenvalue weighted by atomic mass is 79.9. The number of rotatable bonds is 4. The second kappa shape index (κ2) is 6.93. The minimum atomic E-state index is -1.06. The third-order valence-electron chi connectivity index (χ3n) is 3.82. The largest absolute Gasteiger partial charge is 0.478 e. The van der Waals surface area contributed by atoms with Crippen LogP contribution >= 0.6 is 15.9 Å². The van der Waals surface area contributed by atoms with Crippen LogP contribution in [0.15, 0.2) is 22.7 Å². The zero-order chi connectivity index (χ0) is 15.4. The van der Waals surface area contributed by atoms with Gasteiger partial charge in [0.15, 0.2) is 0 Å². The first-order valence-electron chi connectivity index (χ1n) is 7.13. The first-order valence-corrected chi connectivity index (χ1v) is 7.92. The van der Waals surface area contributed by atoms with Gasteiger partial charge >= 0.3 is 12.0 Å². The van der Waals surface area contributed by atoms with Crippen molar-refractivity contribution >= 4 is 33.6 Å². The zero-order valence-corrected chi connectivity index (χ0v) is 13.5. The number of carboxylic acids is 1. The van der Waals surface area contributed by atoms with Gasteiger partial charge in [0.25, 0.3) is 0 Å². The van der Waals surface area contributed by atoms with E-state index in [4.69, 9.17) is 0 Å². The van der Waals surface area contributed by atoms with Gasteiger partial charge in [-0.2, -0.15) is 0 Å². The van der Waals surface area contributed by atoms with Crippen LogP contribution in [0, 0.1) is 0 Å². The van der Waals surface area contributed by atoms with Gasteiger partial charge in [0.05, 0.1) is 11.3 Å². The molecule has 2 rings (SSSR count). The maximum absolute atomic E-state index is 12.4. The number of benzene rings is 1. The second-order valence-electron chi connectivity index (χ2n) is 5.15. The molecule has 5 nitrogen and oxygen atoms in total. The predicted molar refractivity (Wildman–Crippen MR) is 84.8 cm³/mol. The molecule has 2 amide bonds. The third kappa shape index (κ3) is 3.75. The molecular formula is C15H19BrN2O3. The third-order valence-corrected chi connectivity index (χ3v) is 4.31. The van der Waals surface area contributed by atoms with Crippen molar-refractivity contribution in [2.24, 2.45) is 0 Å². The number of urea groups is 1. The molecule has 1 fully saturated rings. The first kappa shape index (κ1) is 15.8. The van der Waals surface area contributed by atoms with Crippen LogP contribution in [0.3, 0.4) is 0 Å². The van der Waals surface area contributed by atoms with E-state index in [1.165, 1.54) is 6.07 Å². The van der Waals surface area contributed by atoms with E-state index in [9.17, 15) is 14.7 Å². The molecule has 6 heteroatoms. The topological polar surface area (TPSA) is 69.6 Å². The number of nitrogens with one attached hydrogen (secondary N) is 1. The molecule has 1 aliphatic carbocycles. The number of anilines is 1. The van der Waals surface area contributed by atoms with Crippen molar-refractivity contribution in [3.8, 4) is 0 Å². The van der Waals surface area contributed by atoms with Crippen LogP contribution in [0.4, 0.5) is 10.5 Å². The molecule has 0 bridgehead atoms. The standard InChI is InChI=1S/C15H19BrN2O3/c1-2-18(11-5-3-4-6-11)15(21)17-13-8-7-10(16)9-12(13)14(19)20/h7-9,11H,2-6H2,1H3,(H,17,21)(H,19,20). The molecule has 0 radical (unpaired) electrons. The molecule has 0 spiro atoms. The van der Waals surface area contributed by atoms with E-state index >= 15 is 0 Å². The fourth-order valence-corrected chi connectivity index (χ4v) is 3.13. The molecule has 21 heavy (non-hydrogen) atoms. The van der Waals surface area contributed by atoms with Crippen LogP contribution in [0.5, 0.6) is 0 Å². The Labute approximate surface area is 132 Å². The van der Waals surface area contributed by atoms with Gasteiger partial charge in [-0.3, -0.25) is 0 Å². The molecule has 1 aromatic carbocycles. The molecule has 1 saturated carbocycles. The zero-order valence-electron chi connectivity index (χ0n) is 11.9. The van der Waals surface area contributed by atoms with Crippen LogP contribution in [0.1, 0.15) is 43.0 Å². The van der Waals surface area contributed by atoms with Crippen LogP contribution in [-0.2, 0) is 0 Å². The van der Waals surface area contributed by atoms with Crippen molar-refractivity contribution in [3.05, 3.63) is 28.2 Å². The van der Waals surface area contributed by atoms with Crippen molar-refractivity contribution in [3.63, 3.8) is 0 Å². The van der Waals surface area contributed by atoms with Crippen molar-refractivity contribution in [2.75, 3.05) is 11.9 Å². The predicted octanol–water partition coefficient (Wildman–Crippen LogP) is 3.94. The van der Waals surface area contributed by atoms with Crippen molar-refractivity contribution in [2.45, 2.75) is 38.6 Å². The number of hydrogen-bond donors (Lipinski definition) is 2. The summed E-state index contributed by atoms with van der Waals surface area (Å²) in [7, 11) is 0. The average Bonchev–Trinajstić information content (AvgIpc) is 2.95. The highest BCUT2D eigenvalue weighted by Crippen LogP contribution is 2.25. The number of amides is 2. The van der Waals surface area contributed by atoms with E-state index in [1.54, 1.807) is 17.0 Å². The Bertz CT molecular complexity index is 542. The molecule has 0 atom stereocenters. The van der Waals surface area contributed by atoms with Gasteiger partial charge in [0.2, 0.25) is 0 Å². The van der Waals surface area contributed by atoms with E-state index in [-0.39, 0.29) is 17.6 Å². The quantitative estimate of drug-likeness (QED) is 0.859. The van der Waals surface area contributed by atoms with Gasteiger partial charge in [-0.05, 0) is 38.0 Å². The number of hydrogen-bond acceptors (Lipinski definition) is 2. The molecule has 0 unspecified atom stereocenters. The Morgan fingerprint density at radius 3 is 2.62 bits per heavy atom. The lowest BCUT2D eigenvalue weighted by Crippen LogP contribution is -2.41. The van der Waals surface area contributed by atoms with Crippen LogP contribution in [0.25, 0.3) is 0 Å². The Morgan fingerprint density at radius 2 is 2.05 bits per heavy atom. The molecule has 0 heterocycles. The fourth-order valence-electron chi connectivity index (χ4n) is 2.77. The number of carboxylic acid groups (broad SMARTS) is 1. The molecule has 0 aromatic heterocycles. The van der Waals surface area contributed by atoms with E-state index in [0.717, 1.165) is 25.7 Å². The molecule has 2 N–H and O–H groups in total. The summed E-state index contributed by atoms with van der Waals surface area (Å²) in [6.45, 7) is 2.56. The number of carbonyl (C=O) groups is 2. The van der Waals surface area contributed by atoms with E-state index < -0.39 is 5.97 Å². The Morgan fingerprint density at radius 1 is 1.38 bits per heavy atom. The lowest BCUT2D eigenvalue weighted by Gasteiger charge is -2.28. The maximum atomic E-state index is 12.4. The van der Waals surface area contributed by atoms with E-state index in [0.29, 0.717) is 16.7 Å². The maximum Gasteiger partial charge on any atom is 0.337 e. The Balaban J connectivity index is 2.16. The lowest BCUT2D eigenvalue weighted by atomic mass is 10.2. The van der Waals surface area contributed by atoms with Crippen molar-refractivity contribution in [1.29, 1.82) is 0 Å². The number of halogens is 1. The van der Waals surface area contributed by atoms with Gasteiger partial charge in [-0.15, -0.1) is 0 Å². The fraction of sp³-hybridized carbons (Fsp3) is 0.467. The number of nitrogens with zero attached hydrogens (tertiary/aromatic N) is 1. The van der Waals surface area contributed by atoms with Crippen LogP contribution < -0.4 is 5.32 Å². The summed E-state index contributed by atoms with van der Waals surface area (Å²) < 4.78 is 0.668. The normalized spacial score (nSPS) is 15.0. The summed E-state index contributed by atoms with van der Waals surface area (Å²) in [6.07, 6.45) is 4.33. The summed E-state index contributed by atoms with van der Waals surface area (Å²) in [4.78, 5) is 25.5. The van der Waals surface area contributed by atoms with E-state index in [1.807, 2.05) is 6.92 Å². The molecule has 0 saturated heterocycles. The second-order valence-corrected chi connectivity index (χ2v) is 6.07. The van der Waals surface area contributed by atoms with Crippen molar-refractivity contribution in [1.82, 2.24) is 4.90 Å². The van der Waals surface area contributed by atoms with Gasteiger partial charge < -0.3 is 15.3 Å². The van der Waals surface area contributed by atoms with Crippen molar-refractivity contribution < 1.29 is 14.7 Å². The lowest BCUT2D eigenvalue weighted by molar-refractivity contribution is 0.0698. The number of aromatic carboxylic acids is 1. The van der Waals surface area contributed by atoms with E-state index in [2.05, 4.69) is 21.2 Å². The Kier molecular flexibility index (Phi) is 5.22. The monoisotopic (exact) mass is 354 g/mol. The first-order chi connectivity index (χ1) is 10.0. The van der Waals surface area contributed by atoms with Gasteiger partial charge in [-0.1, -0.05) is 28.8 Å². The smallest absolute Gasteiger partial charge is 0.337 e. The summed E-state index contributed by atoms with van der Waals surface area (Å²) >= 11 is 3.24. The summed E-state index contributed by atoms with van der Waals surface area (Å²) in [6, 6.07) is 4.85. The summed E-state index contributed by atoms with van der Waals surface area (Å²) in [5.41, 5.74) is 0.410. The minimum Gasteiger partial charge on any atom is -0.478 e. The van der Waals surface area contributed by atoms with Crippen LogP contribution in [0.2, 0.25) is 0 Å².